The quantitative estimate of drug-likeness (QED) is 0.458. The molecule has 192 valence electrons. The molecule has 2 N–H and O–H groups in total. The molecule has 1 aromatic carbocycles. The average Bonchev–Trinajstić information content (AvgIpc) is 2.99. The normalized spacial score (nSPS) is 15.1. The number of hydrogen-bond acceptors (Lipinski definition) is 6. The van der Waals surface area contributed by atoms with E-state index in [-0.39, 0.29) is 18.1 Å². The Hall–Kier alpha value is -4.68. The van der Waals surface area contributed by atoms with Crippen molar-refractivity contribution in [2.75, 3.05) is 15.5 Å². The Morgan fingerprint density at radius 2 is 1.65 bits per heavy atom. The number of anilines is 3. The van der Waals surface area contributed by atoms with Gasteiger partial charge < -0.3 is 9.64 Å². The third-order valence-electron chi connectivity index (χ3n) is 5.47. The third kappa shape index (κ3) is 5.77. The number of benzene rings is 1. The Balaban J connectivity index is 1.48. The standard InChI is InChI=1S/C24H21F3N6O4/c1-23(2)20(34)33(16-6-8-17(9-7-16)37-24(25,26)27)22(36)32(23)14-15-10-12-29-19(13-15)31-21(35)30-18-5-3-4-11-28-18/h3-13H,14H2,1-2H3,(H2,28,29,30,31,35). The number of rotatable bonds is 6. The van der Waals surface area contributed by atoms with E-state index in [1.54, 1.807) is 44.2 Å². The first-order valence-electron chi connectivity index (χ1n) is 10.9. The number of aromatic nitrogens is 2. The van der Waals surface area contributed by atoms with Gasteiger partial charge in [-0.05, 0) is 67.9 Å². The summed E-state index contributed by atoms with van der Waals surface area (Å²) in [6, 6.07) is 11.4. The highest BCUT2D eigenvalue weighted by atomic mass is 19.4. The topological polar surface area (TPSA) is 117 Å². The summed E-state index contributed by atoms with van der Waals surface area (Å²) in [5.74, 6) is -0.476. The highest BCUT2D eigenvalue weighted by Gasteiger charge is 2.51. The van der Waals surface area contributed by atoms with E-state index in [1.165, 1.54) is 29.4 Å². The lowest BCUT2D eigenvalue weighted by Crippen LogP contribution is -2.43. The van der Waals surface area contributed by atoms with Crippen LogP contribution in [0.25, 0.3) is 0 Å². The van der Waals surface area contributed by atoms with E-state index in [2.05, 4.69) is 25.3 Å². The van der Waals surface area contributed by atoms with Crippen LogP contribution in [0.4, 0.5) is 40.1 Å². The molecule has 0 atom stereocenters. The molecular formula is C24H21F3N6O4. The summed E-state index contributed by atoms with van der Waals surface area (Å²) in [5.41, 5.74) is -0.581. The molecule has 0 radical (unpaired) electrons. The van der Waals surface area contributed by atoms with E-state index >= 15 is 0 Å². The molecule has 1 fully saturated rings. The monoisotopic (exact) mass is 514 g/mol. The van der Waals surface area contributed by atoms with Gasteiger partial charge in [0.1, 0.15) is 22.9 Å². The van der Waals surface area contributed by atoms with Crippen LogP contribution in [0, 0.1) is 0 Å². The molecule has 1 aliphatic heterocycles. The van der Waals surface area contributed by atoms with Crippen LogP contribution in [0.2, 0.25) is 0 Å². The van der Waals surface area contributed by atoms with E-state index < -0.39 is 35.6 Å². The van der Waals surface area contributed by atoms with Gasteiger partial charge in [0.15, 0.2) is 0 Å². The van der Waals surface area contributed by atoms with E-state index in [1.807, 2.05) is 0 Å². The largest absolute Gasteiger partial charge is 0.573 e. The fourth-order valence-electron chi connectivity index (χ4n) is 3.65. The molecular weight excluding hydrogens is 493 g/mol. The van der Waals surface area contributed by atoms with Gasteiger partial charge >= 0.3 is 18.4 Å². The molecule has 0 saturated carbocycles. The Morgan fingerprint density at radius 3 is 2.30 bits per heavy atom. The predicted molar refractivity (Wildman–Crippen MR) is 127 cm³/mol. The molecule has 10 nitrogen and oxygen atoms in total. The Kier molecular flexibility index (Phi) is 6.70. The van der Waals surface area contributed by atoms with Gasteiger partial charge in [0, 0.05) is 18.9 Å². The van der Waals surface area contributed by atoms with Gasteiger partial charge in [0.25, 0.3) is 5.91 Å². The van der Waals surface area contributed by atoms with E-state index in [9.17, 15) is 27.6 Å². The van der Waals surface area contributed by atoms with Crippen LogP contribution in [-0.4, -0.2) is 44.7 Å². The first-order valence-corrected chi connectivity index (χ1v) is 10.9. The van der Waals surface area contributed by atoms with E-state index in [0.29, 0.717) is 11.4 Å². The lowest BCUT2D eigenvalue weighted by molar-refractivity contribution is -0.274. The number of carbonyl (C=O) groups excluding carboxylic acids is 3. The van der Waals surface area contributed by atoms with Crippen LogP contribution in [0.5, 0.6) is 5.75 Å². The number of nitrogens with zero attached hydrogens (tertiary/aromatic N) is 4. The van der Waals surface area contributed by atoms with Crippen molar-refractivity contribution in [1.29, 1.82) is 0 Å². The van der Waals surface area contributed by atoms with Crippen molar-refractivity contribution in [3.05, 3.63) is 72.6 Å². The number of halogens is 3. The fraction of sp³-hybridized carbons (Fsp3) is 0.208. The van der Waals surface area contributed by atoms with Crippen molar-refractivity contribution < 1.29 is 32.3 Å². The summed E-state index contributed by atoms with van der Waals surface area (Å²) >= 11 is 0. The van der Waals surface area contributed by atoms with Crippen LogP contribution >= 0.6 is 0 Å². The lowest BCUT2D eigenvalue weighted by Gasteiger charge is -2.27. The molecule has 0 aliphatic carbocycles. The second-order valence-electron chi connectivity index (χ2n) is 8.45. The molecule has 13 heteroatoms. The number of ether oxygens (including phenoxy) is 1. The van der Waals surface area contributed by atoms with Gasteiger partial charge in [-0.1, -0.05) is 6.07 Å². The zero-order valence-electron chi connectivity index (χ0n) is 19.6. The second kappa shape index (κ2) is 9.76. The highest BCUT2D eigenvalue weighted by molar-refractivity contribution is 6.22. The van der Waals surface area contributed by atoms with Crippen molar-refractivity contribution >= 4 is 35.3 Å². The molecule has 37 heavy (non-hydrogen) atoms. The van der Waals surface area contributed by atoms with E-state index in [4.69, 9.17) is 0 Å². The van der Waals surface area contributed by atoms with Crippen molar-refractivity contribution in [1.82, 2.24) is 14.9 Å². The van der Waals surface area contributed by atoms with Gasteiger partial charge in [-0.2, -0.15) is 0 Å². The molecule has 3 aromatic rings. The van der Waals surface area contributed by atoms with Gasteiger partial charge in [-0.15, -0.1) is 13.2 Å². The molecule has 1 aliphatic rings. The number of urea groups is 2. The third-order valence-corrected chi connectivity index (χ3v) is 5.47. The molecule has 1 saturated heterocycles. The molecule has 0 bridgehead atoms. The number of amides is 5. The number of hydrogen-bond donors (Lipinski definition) is 2. The summed E-state index contributed by atoms with van der Waals surface area (Å²) in [7, 11) is 0. The molecule has 4 rings (SSSR count). The molecule has 5 amide bonds. The average molecular weight is 514 g/mol. The van der Waals surface area contributed by atoms with Gasteiger partial charge in [0.05, 0.1) is 5.69 Å². The van der Waals surface area contributed by atoms with Crippen molar-refractivity contribution in [3.8, 4) is 5.75 Å². The summed E-state index contributed by atoms with van der Waals surface area (Å²) < 4.78 is 41.2. The number of nitrogens with one attached hydrogen (secondary N) is 2. The van der Waals surface area contributed by atoms with Crippen molar-refractivity contribution in [3.63, 3.8) is 0 Å². The fourth-order valence-corrected chi connectivity index (χ4v) is 3.65. The van der Waals surface area contributed by atoms with Crippen LogP contribution in [-0.2, 0) is 11.3 Å². The van der Waals surface area contributed by atoms with Crippen LogP contribution in [0.15, 0.2) is 67.0 Å². The number of alkyl halides is 3. The number of carbonyl (C=O) groups is 3. The highest BCUT2D eigenvalue weighted by Crippen LogP contribution is 2.34. The predicted octanol–water partition coefficient (Wildman–Crippen LogP) is 4.77. The Morgan fingerprint density at radius 1 is 0.973 bits per heavy atom. The first kappa shape index (κ1) is 25.4. The van der Waals surface area contributed by atoms with Crippen LogP contribution in [0.3, 0.4) is 0 Å². The van der Waals surface area contributed by atoms with Gasteiger partial charge in [0.2, 0.25) is 0 Å². The number of pyridine rings is 2. The summed E-state index contributed by atoms with van der Waals surface area (Å²) in [6.45, 7) is 3.13. The van der Waals surface area contributed by atoms with E-state index in [0.717, 1.165) is 17.0 Å². The minimum Gasteiger partial charge on any atom is -0.406 e. The molecule has 2 aromatic heterocycles. The molecule has 3 heterocycles. The smallest absolute Gasteiger partial charge is 0.406 e. The summed E-state index contributed by atoms with van der Waals surface area (Å²) in [4.78, 5) is 48.9. The Labute approximate surface area is 209 Å². The van der Waals surface area contributed by atoms with Gasteiger partial charge in [-0.25, -0.2) is 24.5 Å². The van der Waals surface area contributed by atoms with Crippen molar-refractivity contribution in [2.45, 2.75) is 32.3 Å². The molecule has 0 unspecified atom stereocenters. The van der Waals surface area contributed by atoms with Crippen LogP contribution < -0.4 is 20.3 Å². The van der Waals surface area contributed by atoms with Crippen LogP contribution in [0.1, 0.15) is 19.4 Å². The first-order chi connectivity index (χ1) is 17.4. The zero-order valence-corrected chi connectivity index (χ0v) is 19.6. The van der Waals surface area contributed by atoms with Gasteiger partial charge in [-0.3, -0.25) is 15.4 Å². The maximum Gasteiger partial charge on any atom is 0.573 e. The number of imide groups is 1. The Bertz CT molecular complexity index is 1320. The maximum atomic E-state index is 13.2. The zero-order chi connectivity index (χ0) is 26.8. The maximum absolute atomic E-state index is 13.2. The SMILES string of the molecule is CC1(C)C(=O)N(c2ccc(OC(F)(F)F)cc2)C(=O)N1Cc1ccnc(NC(=O)Nc2ccccn2)c1. The summed E-state index contributed by atoms with van der Waals surface area (Å²) in [5, 5.41) is 5.14. The summed E-state index contributed by atoms with van der Waals surface area (Å²) in [6.07, 6.45) is -1.90. The van der Waals surface area contributed by atoms with Crippen molar-refractivity contribution in [2.24, 2.45) is 0 Å². The lowest BCUT2D eigenvalue weighted by atomic mass is 10.0. The molecule has 0 spiro atoms. The minimum absolute atomic E-state index is 0.00238. The minimum atomic E-state index is -4.86. The second-order valence-corrected chi connectivity index (χ2v) is 8.45.